The normalized spacial score (nSPS) is 10.3. The number of carbonyl (C=O) groups is 1. The van der Waals surface area contributed by atoms with Gasteiger partial charge in [-0.3, -0.25) is 13.8 Å². The van der Waals surface area contributed by atoms with Crippen molar-refractivity contribution in [3.05, 3.63) is 46.1 Å². The van der Waals surface area contributed by atoms with Crippen molar-refractivity contribution in [1.82, 2.24) is 14.1 Å². The Hall–Kier alpha value is -1.34. The SMILES string of the molecule is Cn1ccc(OCc2c(Br)cccc2C(=O)NBr)n1. The number of aromatic nitrogens is 2. The maximum atomic E-state index is 11.7. The van der Waals surface area contributed by atoms with E-state index in [1.807, 2.05) is 13.1 Å². The van der Waals surface area contributed by atoms with Crippen molar-refractivity contribution in [1.29, 1.82) is 0 Å². The highest BCUT2D eigenvalue weighted by atomic mass is 79.9. The van der Waals surface area contributed by atoms with Crippen molar-refractivity contribution in [2.45, 2.75) is 6.61 Å². The molecule has 0 aliphatic rings. The van der Waals surface area contributed by atoms with Gasteiger partial charge in [0.15, 0.2) is 0 Å². The lowest BCUT2D eigenvalue weighted by Crippen LogP contribution is -2.15. The van der Waals surface area contributed by atoms with Gasteiger partial charge < -0.3 is 4.74 Å². The Morgan fingerprint density at radius 2 is 2.26 bits per heavy atom. The minimum atomic E-state index is -0.221. The Balaban J connectivity index is 2.21. The van der Waals surface area contributed by atoms with Crippen LogP contribution in [0.2, 0.25) is 0 Å². The molecule has 1 aromatic carbocycles. The van der Waals surface area contributed by atoms with Crippen LogP contribution in [0, 0.1) is 0 Å². The summed E-state index contributed by atoms with van der Waals surface area (Å²) in [7, 11) is 1.81. The second-order valence-electron chi connectivity index (χ2n) is 3.81. The molecular weight excluding hydrogens is 378 g/mol. The van der Waals surface area contributed by atoms with Gasteiger partial charge in [-0.1, -0.05) is 22.0 Å². The topological polar surface area (TPSA) is 56.1 Å². The third-order valence-corrected chi connectivity index (χ3v) is 3.61. The zero-order valence-corrected chi connectivity index (χ0v) is 13.2. The Labute approximate surface area is 127 Å². The Bertz CT molecular complexity index is 598. The van der Waals surface area contributed by atoms with Gasteiger partial charge in [0.05, 0.1) is 0 Å². The molecular formula is C12H11Br2N3O2. The zero-order valence-electron chi connectivity index (χ0n) is 10.1. The van der Waals surface area contributed by atoms with Crippen LogP contribution in [0.15, 0.2) is 34.9 Å². The van der Waals surface area contributed by atoms with Gasteiger partial charge in [0.2, 0.25) is 5.88 Å². The van der Waals surface area contributed by atoms with Crippen molar-refractivity contribution in [3.8, 4) is 5.88 Å². The van der Waals surface area contributed by atoms with Gasteiger partial charge in [0.1, 0.15) is 6.61 Å². The molecule has 1 heterocycles. The van der Waals surface area contributed by atoms with Crippen molar-refractivity contribution >= 4 is 38.0 Å². The zero-order chi connectivity index (χ0) is 13.8. The van der Waals surface area contributed by atoms with Crippen LogP contribution in [0.4, 0.5) is 0 Å². The molecule has 100 valence electrons. The van der Waals surface area contributed by atoms with E-state index < -0.39 is 0 Å². The molecule has 0 saturated heterocycles. The predicted octanol–water partition coefficient (Wildman–Crippen LogP) is 2.80. The van der Waals surface area contributed by atoms with Gasteiger partial charge in [0, 0.05) is 51.1 Å². The van der Waals surface area contributed by atoms with E-state index in [9.17, 15) is 4.79 Å². The number of benzene rings is 1. The Morgan fingerprint density at radius 1 is 1.47 bits per heavy atom. The minimum Gasteiger partial charge on any atom is -0.472 e. The third kappa shape index (κ3) is 3.36. The lowest BCUT2D eigenvalue weighted by molar-refractivity contribution is 0.0984. The second-order valence-corrected chi connectivity index (χ2v) is 5.06. The number of carbonyl (C=O) groups excluding carboxylic acids is 1. The third-order valence-electron chi connectivity index (χ3n) is 2.50. The Morgan fingerprint density at radius 3 is 2.89 bits per heavy atom. The first kappa shape index (κ1) is 14.1. The fourth-order valence-corrected chi connectivity index (χ4v) is 2.28. The first-order valence-electron chi connectivity index (χ1n) is 5.42. The van der Waals surface area contributed by atoms with Crippen LogP contribution >= 0.6 is 32.1 Å². The first-order chi connectivity index (χ1) is 9.11. The smallest absolute Gasteiger partial charge is 0.261 e. The van der Waals surface area contributed by atoms with Crippen molar-refractivity contribution in [2.75, 3.05) is 0 Å². The fourth-order valence-electron chi connectivity index (χ4n) is 1.59. The molecule has 0 unspecified atom stereocenters. The van der Waals surface area contributed by atoms with E-state index >= 15 is 0 Å². The summed E-state index contributed by atoms with van der Waals surface area (Å²) in [4.78, 5) is 11.7. The molecule has 7 heteroatoms. The van der Waals surface area contributed by atoms with Crippen LogP contribution in [0.3, 0.4) is 0 Å². The first-order valence-corrected chi connectivity index (χ1v) is 7.01. The lowest BCUT2D eigenvalue weighted by atomic mass is 10.1. The molecule has 0 saturated carbocycles. The van der Waals surface area contributed by atoms with Crippen LogP contribution in [0.1, 0.15) is 15.9 Å². The van der Waals surface area contributed by atoms with E-state index in [1.54, 1.807) is 29.1 Å². The van der Waals surface area contributed by atoms with E-state index in [4.69, 9.17) is 4.74 Å². The van der Waals surface area contributed by atoms with Crippen LogP contribution in [-0.2, 0) is 13.7 Å². The number of hydrogen-bond acceptors (Lipinski definition) is 3. The monoisotopic (exact) mass is 387 g/mol. The van der Waals surface area contributed by atoms with Crippen molar-refractivity contribution in [2.24, 2.45) is 7.05 Å². The van der Waals surface area contributed by atoms with E-state index in [1.165, 1.54) is 0 Å². The quantitative estimate of drug-likeness (QED) is 0.819. The van der Waals surface area contributed by atoms with Crippen LogP contribution in [-0.4, -0.2) is 15.7 Å². The fraction of sp³-hybridized carbons (Fsp3) is 0.167. The molecule has 0 radical (unpaired) electrons. The van der Waals surface area contributed by atoms with Crippen LogP contribution < -0.4 is 9.08 Å². The molecule has 1 N–H and O–H groups in total. The minimum absolute atomic E-state index is 0.221. The highest BCUT2D eigenvalue weighted by molar-refractivity contribution is 9.10. The highest BCUT2D eigenvalue weighted by Crippen LogP contribution is 2.22. The van der Waals surface area contributed by atoms with E-state index in [0.29, 0.717) is 11.4 Å². The molecule has 2 aromatic rings. The summed E-state index contributed by atoms with van der Waals surface area (Å²) < 4.78 is 10.5. The molecule has 2 rings (SSSR count). The van der Waals surface area contributed by atoms with E-state index in [0.717, 1.165) is 10.0 Å². The molecule has 0 aliphatic heterocycles. The number of amides is 1. The van der Waals surface area contributed by atoms with Crippen LogP contribution in [0.5, 0.6) is 5.88 Å². The largest absolute Gasteiger partial charge is 0.472 e. The summed E-state index contributed by atoms with van der Waals surface area (Å²) in [6, 6.07) is 7.16. The number of aryl methyl sites for hydroxylation is 1. The highest BCUT2D eigenvalue weighted by Gasteiger charge is 2.14. The summed E-state index contributed by atoms with van der Waals surface area (Å²) in [5, 5.41) is 4.12. The summed E-state index contributed by atoms with van der Waals surface area (Å²) in [5.41, 5.74) is 1.31. The Kier molecular flexibility index (Phi) is 4.60. The molecule has 0 bridgehead atoms. The number of hydrogen-bond donors (Lipinski definition) is 1. The lowest BCUT2D eigenvalue weighted by Gasteiger charge is -2.10. The van der Waals surface area contributed by atoms with Gasteiger partial charge in [-0.05, 0) is 12.1 Å². The molecule has 0 atom stereocenters. The molecule has 0 aliphatic carbocycles. The van der Waals surface area contributed by atoms with Gasteiger partial charge in [-0.15, -0.1) is 5.10 Å². The standard InChI is InChI=1S/C12H11Br2N3O2/c1-17-6-5-11(16-17)19-7-9-8(12(18)15-14)3-2-4-10(9)13/h2-6H,7H2,1H3,(H,15,18). The maximum absolute atomic E-state index is 11.7. The number of nitrogens with one attached hydrogen (secondary N) is 1. The molecule has 0 fully saturated rings. The number of rotatable bonds is 4. The summed E-state index contributed by atoms with van der Waals surface area (Å²) in [6.07, 6.45) is 1.79. The predicted molar refractivity (Wildman–Crippen MR) is 78.1 cm³/mol. The van der Waals surface area contributed by atoms with Gasteiger partial charge >= 0.3 is 0 Å². The molecule has 1 aromatic heterocycles. The van der Waals surface area contributed by atoms with Gasteiger partial charge in [-0.2, -0.15) is 0 Å². The number of nitrogens with zero attached hydrogens (tertiary/aromatic N) is 2. The average molecular weight is 389 g/mol. The molecule has 5 nitrogen and oxygen atoms in total. The second kappa shape index (κ2) is 6.21. The summed E-state index contributed by atoms with van der Waals surface area (Å²) in [5.74, 6) is 0.296. The summed E-state index contributed by atoms with van der Waals surface area (Å²) >= 11 is 6.36. The summed E-state index contributed by atoms with van der Waals surface area (Å²) in [6.45, 7) is 0.258. The number of ether oxygens (including phenoxy) is 1. The number of halogens is 2. The van der Waals surface area contributed by atoms with Crippen molar-refractivity contribution < 1.29 is 9.53 Å². The maximum Gasteiger partial charge on any atom is 0.261 e. The average Bonchev–Trinajstić information content (AvgIpc) is 2.82. The van der Waals surface area contributed by atoms with E-state index in [-0.39, 0.29) is 12.5 Å². The van der Waals surface area contributed by atoms with Gasteiger partial charge in [-0.25, -0.2) is 0 Å². The van der Waals surface area contributed by atoms with E-state index in [2.05, 4.69) is 41.5 Å². The molecule has 0 spiro atoms. The van der Waals surface area contributed by atoms with Gasteiger partial charge in [0.25, 0.3) is 5.91 Å². The van der Waals surface area contributed by atoms with Crippen molar-refractivity contribution in [3.63, 3.8) is 0 Å². The molecule has 1 amide bonds. The molecule has 19 heavy (non-hydrogen) atoms. The van der Waals surface area contributed by atoms with Crippen LogP contribution in [0.25, 0.3) is 0 Å².